The van der Waals surface area contributed by atoms with Crippen LogP contribution < -0.4 is 0 Å². The van der Waals surface area contributed by atoms with E-state index in [0.717, 1.165) is 42.8 Å². The van der Waals surface area contributed by atoms with Gasteiger partial charge in [0.15, 0.2) is 0 Å². The fraction of sp³-hybridized carbons (Fsp3) is 0. The molecule has 0 aliphatic rings. The minimum Gasteiger partial charge on any atom is -0.455 e. The minimum absolute atomic E-state index is 0.0735. The Morgan fingerprint density at radius 1 is 0.550 bits per heavy atom. The van der Waals surface area contributed by atoms with Crippen molar-refractivity contribution >= 4 is 75.0 Å². The van der Waals surface area contributed by atoms with Crippen LogP contribution >= 0.6 is 11.3 Å². The summed E-state index contributed by atoms with van der Waals surface area (Å²) in [6.45, 7) is 0. The van der Waals surface area contributed by atoms with Crippen molar-refractivity contribution < 1.29 is 14.0 Å². The summed E-state index contributed by atoms with van der Waals surface area (Å²) in [5.74, 6) is 0. The first kappa shape index (κ1) is 16.2. The van der Waals surface area contributed by atoms with Crippen molar-refractivity contribution in [1.82, 2.24) is 0 Å². The van der Waals surface area contributed by atoms with Crippen molar-refractivity contribution in [2.75, 3.05) is 0 Å². The van der Waals surface area contributed by atoms with Crippen LogP contribution in [0, 0.1) is 0 Å². The van der Waals surface area contributed by atoms with Crippen LogP contribution in [-0.2, 0) is 0 Å². The summed E-state index contributed by atoms with van der Waals surface area (Å²) < 4.78 is 70.6. The Morgan fingerprint density at radius 3 is 2.12 bits per heavy atom. The van der Waals surface area contributed by atoms with Gasteiger partial charge in [0.2, 0.25) is 0 Å². The fourth-order valence-corrected chi connectivity index (χ4v) is 7.19. The molecule has 0 aliphatic carbocycles. The topological polar surface area (TPSA) is 13.1 Å². The van der Waals surface area contributed by atoms with Crippen molar-refractivity contribution in [3.63, 3.8) is 0 Å². The Morgan fingerprint density at radius 2 is 1.25 bits per heavy atom. The molecule has 9 aromatic rings. The summed E-state index contributed by atoms with van der Waals surface area (Å²) in [5, 5.41) is 5.13. The molecule has 186 valence electrons. The van der Waals surface area contributed by atoms with E-state index in [1.54, 1.807) is 11.3 Å². The molecule has 2 heterocycles. The van der Waals surface area contributed by atoms with Gasteiger partial charge >= 0.3 is 0 Å². The van der Waals surface area contributed by atoms with Gasteiger partial charge in [0, 0.05) is 42.1 Å². The second kappa shape index (κ2) is 8.29. The van der Waals surface area contributed by atoms with E-state index >= 15 is 0 Å². The maximum Gasteiger partial charge on any atom is 0.144 e. The van der Waals surface area contributed by atoms with Crippen LogP contribution in [0.4, 0.5) is 0 Å². The molecule has 0 bridgehead atoms. The quantitative estimate of drug-likeness (QED) is 0.215. The molecule has 2 heteroatoms. The summed E-state index contributed by atoms with van der Waals surface area (Å²) in [4.78, 5) is 0. The smallest absolute Gasteiger partial charge is 0.144 e. The van der Waals surface area contributed by atoms with E-state index in [1.165, 1.54) is 4.70 Å². The van der Waals surface area contributed by atoms with Gasteiger partial charge in [-0.3, -0.25) is 0 Å². The van der Waals surface area contributed by atoms with Crippen molar-refractivity contribution in [2.45, 2.75) is 0 Å². The zero-order valence-electron chi connectivity index (χ0n) is 28.0. The number of rotatable bonds is 2. The third-order valence-electron chi connectivity index (χ3n) is 7.71. The lowest BCUT2D eigenvalue weighted by atomic mass is 9.86. The number of fused-ring (bicyclic) bond motifs is 8. The van der Waals surface area contributed by atoms with Crippen LogP contribution in [0.3, 0.4) is 0 Å². The normalized spacial score (nSPS) is 14.4. The highest BCUT2D eigenvalue weighted by Gasteiger charge is 2.24. The molecule has 0 saturated heterocycles. The lowest BCUT2D eigenvalue weighted by molar-refractivity contribution is 0.670. The average Bonchev–Trinajstić information content (AvgIpc) is 3.66. The number of thiophene rings is 1. The summed E-state index contributed by atoms with van der Waals surface area (Å²) in [5.41, 5.74) is 3.77. The Balaban J connectivity index is 1.54. The van der Waals surface area contributed by atoms with Crippen LogP contribution in [0.5, 0.6) is 0 Å². The van der Waals surface area contributed by atoms with E-state index in [2.05, 4.69) is 30.3 Å². The molecule has 7 aromatic carbocycles. The Kier molecular flexibility index (Phi) is 3.37. The predicted octanol–water partition coefficient (Wildman–Crippen LogP) is 11.6. The fourth-order valence-electron chi connectivity index (χ4n) is 6.06. The summed E-state index contributed by atoms with van der Waals surface area (Å²) in [6, 6.07) is 27.5. The molecule has 0 spiro atoms. The van der Waals surface area contributed by atoms with Crippen LogP contribution in [0.15, 0.2) is 138 Å². The number of furan rings is 1. The molecule has 0 amide bonds. The molecule has 0 saturated carbocycles. The number of hydrogen-bond acceptors (Lipinski definition) is 2. The third kappa shape index (κ3) is 3.03. The van der Waals surface area contributed by atoms with Gasteiger partial charge in [0.05, 0.1) is 9.60 Å². The zero-order chi connectivity index (χ0) is 32.3. The first-order valence-electron chi connectivity index (χ1n) is 16.5. The van der Waals surface area contributed by atoms with Gasteiger partial charge in [0.25, 0.3) is 0 Å². The van der Waals surface area contributed by atoms with E-state index in [4.69, 9.17) is 11.3 Å². The van der Waals surface area contributed by atoms with E-state index in [9.17, 15) is 2.74 Å². The summed E-state index contributed by atoms with van der Waals surface area (Å²) in [7, 11) is 0. The number of benzene rings is 7. The molecule has 1 nitrogen and oxygen atoms in total. The molecule has 40 heavy (non-hydrogen) atoms. The second-order valence-electron chi connectivity index (χ2n) is 9.87. The maximum atomic E-state index is 9.45. The first-order chi connectivity index (χ1) is 22.8. The molecule has 0 N–H and O–H groups in total. The average molecular weight is 534 g/mol. The van der Waals surface area contributed by atoms with Gasteiger partial charge in [-0.15, -0.1) is 11.3 Å². The lowest BCUT2D eigenvalue weighted by Gasteiger charge is -2.16. The SMILES string of the molecule is [2H]c1c([2H])c([2H])c2c([2H])c(-c3c4ccccc4c(-c4cccc5sc6ccccc6c45)c4oc5ccccc5c34)c([2H])c([2H])c2c1[2H]. The lowest BCUT2D eigenvalue weighted by Crippen LogP contribution is -1.90. The number of hydrogen-bond donors (Lipinski definition) is 0. The van der Waals surface area contributed by atoms with Crippen LogP contribution in [0.2, 0.25) is 0 Å². The largest absolute Gasteiger partial charge is 0.455 e. The predicted molar refractivity (Wildman–Crippen MR) is 172 cm³/mol. The monoisotopic (exact) mass is 533 g/mol. The molecular formula is C38H22OS. The molecular weight excluding hydrogens is 504 g/mol. The Bertz CT molecular complexity index is 2830. The van der Waals surface area contributed by atoms with Gasteiger partial charge in [0.1, 0.15) is 11.2 Å². The van der Waals surface area contributed by atoms with E-state index in [-0.39, 0.29) is 34.5 Å². The van der Waals surface area contributed by atoms with Crippen molar-refractivity contribution in [3.8, 4) is 22.3 Å². The molecule has 0 aliphatic heterocycles. The molecule has 2 aromatic heterocycles. The summed E-state index contributed by atoms with van der Waals surface area (Å²) in [6.07, 6.45) is 0. The van der Waals surface area contributed by atoms with Gasteiger partial charge in [-0.2, -0.15) is 0 Å². The second-order valence-corrected chi connectivity index (χ2v) is 11.0. The van der Waals surface area contributed by atoms with Crippen LogP contribution in [0.1, 0.15) is 9.60 Å². The first-order valence-corrected chi connectivity index (χ1v) is 13.9. The number of para-hydroxylation sites is 1. The van der Waals surface area contributed by atoms with Crippen LogP contribution in [0.25, 0.3) is 85.9 Å². The van der Waals surface area contributed by atoms with Crippen molar-refractivity contribution in [3.05, 3.63) is 133 Å². The van der Waals surface area contributed by atoms with Gasteiger partial charge in [-0.05, 0) is 56.9 Å². The Labute approximate surface area is 244 Å². The molecule has 0 atom stereocenters. The molecule has 0 unspecified atom stereocenters. The van der Waals surface area contributed by atoms with Gasteiger partial charge in [-0.1, -0.05) is 109 Å². The van der Waals surface area contributed by atoms with Crippen molar-refractivity contribution in [1.29, 1.82) is 0 Å². The molecule has 0 radical (unpaired) electrons. The van der Waals surface area contributed by atoms with Gasteiger partial charge < -0.3 is 4.42 Å². The van der Waals surface area contributed by atoms with Crippen LogP contribution in [-0.4, -0.2) is 0 Å². The Hall–Kier alpha value is -4.92. The minimum atomic E-state index is -0.490. The highest BCUT2D eigenvalue weighted by molar-refractivity contribution is 7.25. The van der Waals surface area contributed by atoms with E-state index < -0.39 is 24.2 Å². The van der Waals surface area contributed by atoms with E-state index in [0.29, 0.717) is 22.1 Å². The molecule has 0 fully saturated rings. The highest BCUT2D eigenvalue weighted by atomic mass is 32.1. The molecule has 9 rings (SSSR count). The van der Waals surface area contributed by atoms with E-state index in [1.807, 2.05) is 60.7 Å². The zero-order valence-corrected chi connectivity index (χ0v) is 21.8. The van der Waals surface area contributed by atoms with Gasteiger partial charge in [-0.25, -0.2) is 0 Å². The standard InChI is InChI=1S/C38H22OS/c1-2-11-24-22-25(21-20-23(24)10-1)34-26-12-3-4-13-27(26)36(38-37(34)28-14-5-7-17-31(28)39-38)30-16-9-19-33-35(30)29-15-6-8-18-32(29)40-33/h1-22H/i1D,2D,10D,11D,20D,21D,22D. The third-order valence-corrected chi connectivity index (χ3v) is 8.85. The highest BCUT2D eigenvalue weighted by Crippen LogP contribution is 2.50. The summed E-state index contributed by atoms with van der Waals surface area (Å²) >= 11 is 1.73. The maximum absolute atomic E-state index is 9.45. The van der Waals surface area contributed by atoms with Crippen molar-refractivity contribution in [2.24, 2.45) is 0 Å².